The minimum atomic E-state index is -0.0590. The molecule has 1 aromatic carbocycles. The molecule has 0 spiro atoms. The van der Waals surface area contributed by atoms with Gasteiger partial charge in [0.2, 0.25) is 0 Å². The topological polar surface area (TPSA) is 46.2 Å². The summed E-state index contributed by atoms with van der Waals surface area (Å²) in [5, 5.41) is 3.02. The molecule has 1 aromatic rings. The molecule has 0 aromatic heterocycles. The van der Waals surface area contributed by atoms with Crippen molar-refractivity contribution in [2.24, 2.45) is 29.1 Å². The smallest absolute Gasteiger partial charge is 0.251 e. The van der Waals surface area contributed by atoms with Gasteiger partial charge < -0.3 is 5.32 Å². The Morgan fingerprint density at radius 3 is 1.89 bits per heavy atom. The number of benzene rings is 1. The van der Waals surface area contributed by atoms with E-state index < -0.39 is 0 Å². The molecule has 1 amide bonds. The summed E-state index contributed by atoms with van der Waals surface area (Å²) in [6, 6.07) is 7.43. The number of hydrogen-bond donors (Lipinski definition) is 1. The van der Waals surface area contributed by atoms with Crippen molar-refractivity contribution in [1.29, 1.82) is 0 Å². The van der Waals surface area contributed by atoms with E-state index in [1.807, 2.05) is 19.1 Å². The molecule has 3 nitrogen and oxygen atoms in total. The van der Waals surface area contributed by atoms with Gasteiger partial charge in [-0.3, -0.25) is 9.59 Å². The fraction of sp³-hybridized carbons (Fsp3) is 0.667. The van der Waals surface area contributed by atoms with E-state index in [9.17, 15) is 9.59 Å². The van der Waals surface area contributed by atoms with Crippen molar-refractivity contribution in [3.05, 3.63) is 35.4 Å². The standard InChI is InChI=1S/C24H33NO2/c1-15(2)16(3)25-23(27)21-6-4-20(5-7-21)22(26)14-24-11-17-8-18(12-24)10-19(9-17)13-24/h4-7,15-19H,8-14H2,1-3H3,(H,25,27)/t16-,17?,18?,19?,24?/m1/s1. The first kappa shape index (κ1) is 18.7. The maximum absolute atomic E-state index is 13.0. The molecule has 4 aliphatic rings. The lowest BCUT2D eigenvalue weighted by Crippen LogP contribution is -2.46. The van der Waals surface area contributed by atoms with Gasteiger partial charge in [-0.05, 0) is 86.7 Å². The number of carbonyl (C=O) groups is 2. The normalized spacial score (nSPS) is 32.5. The molecule has 0 saturated heterocycles. The minimum absolute atomic E-state index is 0.0590. The third-order valence-electron chi connectivity index (χ3n) is 7.53. The predicted molar refractivity (Wildman–Crippen MR) is 108 cm³/mol. The number of nitrogens with one attached hydrogen (secondary N) is 1. The van der Waals surface area contributed by atoms with E-state index in [0.29, 0.717) is 17.9 Å². The summed E-state index contributed by atoms with van der Waals surface area (Å²) in [4.78, 5) is 25.3. The summed E-state index contributed by atoms with van der Waals surface area (Å²) in [6.07, 6.45) is 8.71. The lowest BCUT2D eigenvalue weighted by atomic mass is 9.48. The van der Waals surface area contributed by atoms with Gasteiger partial charge in [0.25, 0.3) is 5.91 Å². The highest BCUT2D eigenvalue weighted by Crippen LogP contribution is 2.61. The third-order valence-corrected chi connectivity index (χ3v) is 7.53. The highest BCUT2D eigenvalue weighted by atomic mass is 16.1. The maximum atomic E-state index is 13.0. The fourth-order valence-electron chi connectivity index (χ4n) is 6.21. The Bertz CT molecular complexity index is 683. The first-order chi connectivity index (χ1) is 12.8. The second-order valence-electron chi connectivity index (χ2n) is 10.1. The number of amides is 1. The molecule has 27 heavy (non-hydrogen) atoms. The zero-order chi connectivity index (χ0) is 19.2. The zero-order valence-electron chi connectivity index (χ0n) is 17.0. The molecule has 1 N–H and O–H groups in total. The van der Waals surface area contributed by atoms with E-state index >= 15 is 0 Å². The van der Waals surface area contributed by atoms with Crippen LogP contribution >= 0.6 is 0 Å². The quantitative estimate of drug-likeness (QED) is 0.698. The van der Waals surface area contributed by atoms with Gasteiger partial charge >= 0.3 is 0 Å². The Morgan fingerprint density at radius 2 is 1.41 bits per heavy atom. The van der Waals surface area contributed by atoms with Crippen LogP contribution in [0.25, 0.3) is 0 Å². The molecule has 4 saturated carbocycles. The largest absolute Gasteiger partial charge is 0.349 e. The number of carbonyl (C=O) groups excluding carboxylic acids is 2. The minimum Gasteiger partial charge on any atom is -0.349 e. The van der Waals surface area contributed by atoms with E-state index in [2.05, 4.69) is 19.2 Å². The van der Waals surface area contributed by atoms with Crippen LogP contribution in [0, 0.1) is 29.1 Å². The van der Waals surface area contributed by atoms with Crippen LogP contribution in [0.3, 0.4) is 0 Å². The van der Waals surface area contributed by atoms with E-state index in [4.69, 9.17) is 0 Å². The Morgan fingerprint density at radius 1 is 0.926 bits per heavy atom. The molecular weight excluding hydrogens is 334 g/mol. The van der Waals surface area contributed by atoms with Gasteiger partial charge in [0.1, 0.15) is 0 Å². The molecule has 4 bridgehead atoms. The molecule has 4 aliphatic carbocycles. The van der Waals surface area contributed by atoms with Gasteiger partial charge in [0, 0.05) is 23.6 Å². The molecule has 0 unspecified atom stereocenters. The molecule has 0 aliphatic heterocycles. The number of rotatable bonds is 6. The van der Waals surface area contributed by atoms with E-state index in [1.54, 1.807) is 12.1 Å². The molecule has 4 fully saturated rings. The highest BCUT2D eigenvalue weighted by Gasteiger charge is 2.51. The van der Waals surface area contributed by atoms with Crippen molar-refractivity contribution in [3.8, 4) is 0 Å². The number of Topliss-reactive ketones (excluding diaryl/α,β-unsaturated/α-hetero) is 1. The summed E-state index contributed by atoms with van der Waals surface area (Å²) in [5.74, 6) is 3.22. The molecule has 0 heterocycles. The molecule has 3 heteroatoms. The van der Waals surface area contributed by atoms with Gasteiger partial charge in [-0.1, -0.05) is 26.0 Å². The first-order valence-corrected chi connectivity index (χ1v) is 10.8. The highest BCUT2D eigenvalue weighted by molar-refractivity contribution is 5.99. The predicted octanol–water partition coefficient (Wildman–Crippen LogP) is 5.25. The van der Waals surface area contributed by atoms with Crippen molar-refractivity contribution in [2.75, 3.05) is 0 Å². The van der Waals surface area contributed by atoms with Crippen LogP contribution in [0.2, 0.25) is 0 Å². The van der Waals surface area contributed by atoms with Gasteiger partial charge in [-0.25, -0.2) is 0 Å². The molecule has 146 valence electrons. The van der Waals surface area contributed by atoms with Crippen molar-refractivity contribution in [3.63, 3.8) is 0 Å². The summed E-state index contributed by atoms with van der Waals surface area (Å²) in [7, 11) is 0. The second-order valence-corrected chi connectivity index (χ2v) is 10.1. The fourth-order valence-corrected chi connectivity index (χ4v) is 6.21. The second kappa shape index (κ2) is 7.07. The van der Waals surface area contributed by atoms with Crippen LogP contribution < -0.4 is 5.32 Å². The average molecular weight is 368 g/mol. The van der Waals surface area contributed by atoms with Crippen molar-refractivity contribution < 1.29 is 9.59 Å². The summed E-state index contributed by atoms with van der Waals surface area (Å²) in [5.41, 5.74) is 1.67. The van der Waals surface area contributed by atoms with Gasteiger partial charge in [-0.2, -0.15) is 0 Å². The Balaban J connectivity index is 1.40. The van der Waals surface area contributed by atoms with Gasteiger partial charge in [0.05, 0.1) is 0 Å². The van der Waals surface area contributed by atoms with Crippen LogP contribution in [0.1, 0.15) is 86.4 Å². The number of ketones is 1. The van der Waals surface area contributed by atoms with E-state index in [-0.39, 0.29) is 23.1 Å². The van der Waals surface area contributed by atoms with E-state index in [0.717, 1.165) is 23.3 Å². The Kier molecular flexibility index (Phi) is 4.90. The van der Waals surface area contributed by atoms with Crippen LogP contribution in [0.15, 0.2) is 24.3 Å². The van der Waals surface area contributed by atoms with Crippen LogP contribution in [-0.4, -0.2) is 17.7 Å². The summed E-state index contributed by atoms with van der Waals surface area (Å²) >= 11 is 0. The average Bonchev–Trinajstić information content (AvgIpc) is 2.60. The van der Waals surface area contributed by atoms with Crippen molar-refractivity contribution in [2.45, 2.75) is 71.8 Å². The first-order valence-electron chi connectivity index (χ1n) is 10.8. The summed E-state index contributed by atoms with van der Waals surface area (Å²) < 4.78 is 0. The Labute approximate surface area is 163 Å². The molecule has 0 radical (unpaired) electrons. The Hall–Kier alpha value is -1.64. The summed E-state index contributed by atoms with van der Waals surface area (Å²) in [6.45, 7) is 6.21. The van der Waals surface area contributed by atoms with Gasteiger partial charge in [0.15, 0.2) is 5.78 Å². The lowest BCUT2D eigenvalue weighted by molar-refractivity contribution is -0.0524. The van der Waals surface area contributed by atoms with Crippen LogP contribution in [0.4, 0.5) is 0 Å². The zero-order valence-corrected chi connectivity index (χ0v) is 17.0. The SMILES string of the molecule is CC(C)[C@@H](C)NC(=O)c1ccc(C(=O)CC23CC4CC(CC(C4)C2)C3)cc1. The van der Waals surface area contributed by atoms with Crippen LogP contribution in [0.5, 0.6) is 0 Å². The van der Waals surface area contributed by atoms with Crippen molar-refractivity contribution >= 4 is 11.7 Å². The maximum Gasteiger partial charge on any atom is 0.251 e. The monoisotopic (exact) mass is 367 g/mol. The van der Waals surface area contributed by atoms with E-state index in [1.165, 1.54) is 38.5 Å². The third kappa shape index (κ3) is 3.83. The van der Waals surface area contributed by atoms with Gasteiger partial charge in [-0.15, -0.1) is 0 Å². The molecular formula is C24H33NO2. The van der Waals surface area contributed by atoms with Crippen LogP contribution in [-0.2, 0) is 0 Å². The number of hydrogen-bond acceptors (Lipinski definition) is 2. The molecule has 1 atom stereocenters. The lowest BCUT2D eigenvalue weighted by Gasteiger charge is -2.56. The molecule has 5 rings (SSSR count). The van der Waals surface area contributed by atoms with Crippen molar-refractivity contribution in [1.82, 2.24) is 5.32 Å².